The Labute approximate surface area is 170 Å². The highest BCUT2D eigenvalue weighted by Crippen LogP contribution is 2.31. The first-order valence-corrected chi connectivity index (χ1v) is 9.62. The fourth-order valence-corrected chi connectivity index (χ4v) is 3.53. The summed E-state index contributed by atoms with van der Waals surface area (Å²) < 4.78 is 7.49. The van der Waals surface area contributed by atoms with Crippen molar-refractivity contribution in [3.05, 3.63) is 47.2 Å². The lowest BCUT2D eigenvalue weighted by Gasteiger charge is -2.29. The number of guanidine groups is 1. The highest BCUT2D eigenvalue weighted by Gasteiger charge is 2.24. The molecule has 0 saturated heterocycles. The lowest BCUT2D eigenvalue weighted by molar-refractivity contribution is -0.121. The number of benzene rings is 1. The number of para-hydroxylation sites is 2. The van der Waals surface area contributed by atoms with Crippen LogP contribution in [0.3, 0.4) is 0 Å². The molecule has 1 N–H and O–H groups in total. The van der Waals surface area contributed by atoms with Gasteiger partial charge in [0, 0.05) is 46.1 Å². The summed E-state index contributed by atoms with van der Waals surface area (Å²) in [6.07, 6.45) is 2.68. The minimum Gasteiger partial charge on any atom is -0.482 e. The number of anilines is 1. The normalized spacial score (nSPS) is 13.9. The number of aliphatic imine (C=N–C) groups is 1. The van der Waals surface area contributed by atoms with Gasteiger partial charge in [-0.3, -0.25) is 9.79 Å². The molecule has 0 spiro atoms. The van der Waals surface area contributed by atoms with E-state index in [9.17, 15) is 4.79 Å². The molecule has 0 aliphatic carbocycles. The fourth-order valence-electron chi connectivity index (χ4n) is 3.26. The summed E-state index contributed by atoms with van der Waals surface area (Å²) in [7, 11) is 5.72. The zero-order valence-corrected chi connectivity index (χ0v) is 17.2. The molecule has 2 heterocycles. The average Bonchev–Trinajstić information content (AvgIpc) is 3.00. The van der Waals surface area contributed by atoms with Crippen LogP contribution in [0.15, 0.2) is 41.5 Å². The number of aryl methyl sites for hydroxylation is 1. The predicted molar refractivity (Wildman–Crippen MR) is 112 cm³/mol. The predicted octanol–water partition coefficient (Wildman–Crippen LogP) is 2.50. The number of nitrogens with one attached hydrogen (secondary N) is 1. The van der Waals surface area contributed by atoms with Gasteiger partial charge < -0.3 is 24.4 Å². The van der Waals surface area contributed by atoms with Crippen LogP contribution in [0.4, 0.5) is 5.69 Å². The van der Waals surface area contributed by atoms with Crippen molar-refractivity contribution < 1.29 is 9.53 Å². The Balaban J connectivity index is 1.51. The van der Waals surface area contributed by atoms with Gasteiger partial charge in [-0.1, -0.05) is 23.7 Å². The summed E-state index contributed by atoms with van der Waals surface area (Å²) in [6, 6.07) is 9.58. The van der Waals surface area contributed by atoms with Gasteiger partial charge in [0.05, 0.1) is 17.3 Å². The Morgan fingerprint density at radius 1 is 1.39 bits per heavy atom. The molecule has 0 fully saturated rings. The van der Waals surface area contributed by atoms with Gasteiger partial charge in [-0.15, -0.1) is 0 Å². The van der Waals surface area contributed by atoms with E-state index in [1.165, 1.54) is 0 Å². The van der Waals surface area contributed by atoms with E-state index < -0.39 is 0 Å². The largest absolute Gasteiger partial charge is 0.482 e. The van der Waals surface area contributed by atoms with Crippen molar-refractivity contribution in [3.8, 4) is 5.75 Å². The molecule has 1 aliphatic heterocycles. The molecule has 1 aliphatic rings. The zero-order chi connectivity index (χ0) is 20.1. The number of fused-ring (bicyclic) bond motifs is 1. The maximum absolute atomic E-state index is 12.2. The van der Waals surface area contributed by atoms with Crippen molar-refractivity contribution in [1.82, 2.24) is 14.8 Å². The van der Waals surface area contributed by atoms with E-state index in [0.717, 1.165) is 34.5 Å². The molecular weight excluding hydrogens is 378 g/mol. The Morgan fingerprint density at radius 3 is 2.89 bits per heavy atom. The van der Waals surface area contributed by atoms with Crippen LogP contribution in [0.2, 0.25) is 5.02 Å². The molecule has 0 radical (unpaired) electrons. The molecule has 2 aromatic rings. The van der Waals surface area contributed by atoms with Gasteiger partial charge >= 0.3 is 0 Å². The monoisotopic (exact) mass is 403 g/mol. The fraction of sp³-hybridized carbons (Fsp3) is 0.400. The van der Waals surface area contributed by atoms with Gasteiger partial charge in [0.15, 0.2) is 12.6 Å². The first-order chi connectivity index (χ1) is 13.5. The molecule has 0 atom stereocenters. The summed E-state index contributed by atoms with van der Waals surface area (Å²) in [4.78, 5) is 20.4. The minimum atomic E-state index is -0.0132. The van der Waals surface area contributed by atoms with Crippen LogP contribution in [0.25, 0.3) is 0 Å². The van der Waals surface area contributed by atoms with Crippen molar-refractivity contribution in [1.29, 1.82) is 0 Å². The van der Waals surface area contributed by atoms with E-state index in [1.54, 1.807) is 11.9 Å². The van der Waals surface area contributed by atoms with Crippen LogP contribution in [0.1, 0.15) is 12.1 Å². The number of nitrogens with zero attached hydrogens (tertiary/aromatic N) is 4. The van der Waals surface area contributed by atoms with E-state index in [0.29, 0.717) is 19.6 Å². The van der Waals surface area contributed by atoms with E-state index in [4.69, 9.17) is 16.3 Å². The van der Waals surface area contributed by atoms with Crippen molar-refractivity contribution in [2.24, 2.45) is 12.0 Å². The second-order valence-corrected chi connectivity index (χ2v) is 7.18. The van der Waals surface area contributed by atoms with Gasteiger partial charge in [0.25, 0.3) is 5.91 Å². The van der Waals surface area contributed by atoms with Crippen molar-refractivity contribution in [2.45, 2.75) is 13.0 Å². The van der Waals surface area contributed by atoms with Gasteiger partial charge in [-0.2, -0.15) is 0 Å². The molecule has 0 bridgehead atoms. The summed E-state index contributed by atoms with van der Waals surface area (Å²) >= 11 is 6.06. The molecule has 150 valence electrons. The number of aromatic nitrogens is 1. The molecule has 1 amide bonds. The number of amides is 1. The molecular formula is C20H26ClN5O2. The quantitative estimate of drug-likeness (QED) is 0.457. The number of carbonyl (C=O) groups excluding carboxylic acids is 1. The molecule has 8 heteroatoms. The molecule has 1 aromatic carbocycles. The highest BCUT2D eigenvalue weighted by atomic mass is 35.5. The third kappa shape index (κ3) is 4.59. The van der Waals surface area contributed by atoms with Gasteiger partial charge in [-0.25, -0.2) is 0 Å². The summed E-state index contributed by atoms with van der Waals surface area (Å²) in [5.74, 6) is 1.54. The number of hydrogen-bond acceptors (Lipinski definition) is 3. The van der Waals surface area contributed by atoms with E-state index in [1.807, 2.05) is 60.1 Å². The summed E-state index contributed by atoms with van der Waals surface area (Å²) in [6.45, 7) is 2.12. The first kappa shape index (κ1) is 20.1. The second-order valence-electron chi connectivity index (χ2n) is 6.75. The minimum absolute atomic E-state index is 0.0132. The molecule has 0 saturated carbocycles. The molecule has 1 aromatic heterocycles. The van der Waals surface area contributed by atoms with Gasteiger partial charge in [0.2, 0.25) is 0 Å². The lowest BCUT2D eigenvalue weighted by atomic mass is 10.2. The standard InChI is InChI=1S/C20H26ClN5O2/c1-22-20(25(3)13-16-11-15(21)12-24(16)2)23-9-6-10-26-17-7-4-5-8-18(17)28-14-19(26)27/h4-5,7-8,11-12H,6,9-10,13-14H2,1-3H3,(H,22,23). The maximum Gasteiger partial charge on any atom is 0.265 e. The van der Waals surface area contributed by atoms with Crippen molar-refractivity contribution >= 4 is 29.2 Å². The molecule has 3 rings (SSSR count). The summed E-state index contributed by atoms with van der Waals surface area (Å²) in [5, 5.41) is 4.08. The smallest absolute Gasteiger partial charge is 0.265 e. The number of hydrogen-bond donors (Lipinski definition) is 1. The number of carbonyl (C=O) groups is 1. The van der Waals surface area contributed by atoms with Crippen molar-refractivity contribution in [3.63, 3.8) is 0 Å². The van der Waals surface area contributed by atoms with Crippen LogP contribution in [-0.2, 0) is 18.4 Å². The first-order valence-electron chi connectivity index (χ1n) is 9.24. The van der Waals surface area contributed by atoms with Gasteiger partial charge in [0.1, 0.15) is 5.75 Å². The van der Waals surface area contributed by atoms with Crippen LogP contribution >= 0.6 is 11.6 Å². The second kappa shape index (κ2) is 9.01. The van der Waals surface area contributed by atoms with E-state index in [2.05, 4.69) is 10.3 Å². The zero-order valence-electron chi connectivity index (χ0n) is 16.5. The van der Waals surface area contributed by atoms with Crippen LogP contribution in [0, 0.1) is 0 Å². The van der Waals surface area contributed by atoms with Crippen molar-refractivity contribution in [2.75, 3.05) is 38.7 Å². The Bertz CT molecular complexity index is 864. The Hall–Kier alpha value is -2.67. The highest BCUT2D eigenvalue weighted by molar-refractivity contribution is 6.30. The van der Waals surface area contributed by atoms with Crippen LogP contribution in [0.5, 0.6) is 5.75 Å². The number of rotatable bonds is 6. The lowest BCUT2D eigenvalue weighted by Crippen LogP contribution is -2.42. The molecule has 28 heavy (non-hydrogen) atoms. The van der Waals surface area contributed by atoms with Crippen LogP contribution in [-0.4, -0.2) is 55.1 Å². The number of halogens is 1. The summed E-state index contributed by atoms with van der Waals surface area (Å²) in [5.41, 5.74) is 1.94. The van der Waals surface area contributed by atoms with E-state index in [-0.39, 0.29) is 12.5 Å². The third-order valence-electron chi connectivity index (χ3n) is 4.70. The molecule has 0 unspecified atom stereocenters. The topological polar surface area (TPSA) is 62.1 Å². The Morgan fingerprint density at radius 2 is 2.18 bits per heavy atom. The van der Waals surface area contributed by atoms with Gasteiger partial charge in [-0.05, 0) is 24.6 Å². The average molecular weight is 404 g/mol. The van der Waals surface area contributed by atoms with E-state index >= 15 is 0 Å². The van der Waals surface area contributed by atoms with Crippen LogP contribution < -0.4 is 15.0 Å². The number of ether oxygens (including phenoxy) is 1. The SMILES string of the molecule is CN=C(NCCCN1C(=O)COc2ccccc21)N(C)Cc1cc(Cl)cn1C. The third-order valence-corrected chi connectivity index (χ3v) is 4.90. The molecule has 7 nitrogen and oxygen atoms in total. The maximum atomic E-state index is 12.2. The Kier molecular flexibility index (Phi) is 6.46.